The predicted molar refractivity (Wildman–Crippen MR) is 82.4 cm³/mol. The highest BCUT2D eigenvalue weighted by Gasteiger charge is 2.22. The molecular formula is C16H25N3O. The van der Waals surface area contributed by atoms with Crippen LogP contribution in [0, 0.1) is 0 Å². The average Bonchev–Trinajstić information content (AvgIpc) is 2.53. The zero-order chi connectivity index (χ0) is 14.5. The molecular weight excluding hydrogens is 250 g/mol. The molecule has 1 aromatic rings. The second-order valence-corrected chi connectivity index (χ2v) is 5.45. The molecule has 4 nitrogen and oxygen atoms in total. The van der Waals surface area contributed by atoms with Gasteiger partial charge in [-0.3, -0.25) is 9.78 Å². The van der Waals surface area contributed by atoms with Gasteiger partial charge in [0.2, 0.25) is 0 Å². The first kappa shape index (κ1) is 15.0. The largest absolute Gasteiger partial charge is 0.370 e. The second-order valence-electron chi connectivity index (χ2n) is 5.45. The van der Waals surface area contributed by atoms with Crippen LogP contribution in [0.3, 0.4) is 0 Å². The Balaban J connectivity index is 1.99. The van der Waals surface area contributed by atoms with Crippen molar-refractivity contribution in [2.75, 3.05) is 31.6 Å². The van der Waals surface area contributed by atoms with Crippen molar-refractivity contribution >= 4 is 11.5 Å². The summed E-state index contributed by atoms with van der Waals surface area (Å²) in [5.41, 5.74) is 1.68. The number of carbonyl (C=O) groups excluding carboxylic acids is 1. The molecule has 4 heteroatoms. The van der Waals surface area contributed by atoms with E-state index in [0.717, 1.165) is 12.2 Å². The number of carbonyl (C=O) groups is 1. The van der Waals surface area contributed by atoms with Gasteiger partial charge in [-0.1, -0.05) is 13.8 Å². The molecule has 1 aliphatic heterocycles. The van der Waals surface area contributed by atoms with Crippen molar-refractivity contribution in [3.63, 3.8) is 0 Å². The molecule has 0 bridgehead atoms. The lowest BCUT2D eigenvalue weighted by Crippen LogP contribution is -2.43. The molecule has 0 amide bonds. The number of piperidine rings is 1. The molecule has 20 heavy (non-hydrogen) atoms. The van der Waals surface area contributed by atoms with Crippen molar-refractivity contribution < 1.29 is 4.79 Å². The van der Waals surface area contributed by atoms with Crippen LogP contribution in [0.4, 0.5) is 5.69 Å². The van der Waals surface area contributed by atoms with E-state index in [2.05, 4.69) is 28.8 Å². The third kappa shape index (κ3) is 3.37. The molecule has 2 rings (SSSR count). The zero-order valence-corrected chi connectivity index (χ0v) is 12.8. The van der Waals surface area contributed by atoms with Gasteiger partial charge in [0, 0.05) is 32.6 Å². The van der Waals surface area contributed by atoms with Crippen molar-refractivity contribution in [3.05, 3.63) is 24.0 Å². The summed E-state index contributed by atoms with van der Waals surface area (Å²) >= 11 is 0. The van der Waals surface area contributed by atoms with Gasteiger partial charge in [-0.25, -0.2) is 0 Å². The van der Waals surface area contributed by atoms with E-state index < -0.39 is 0 Å². The summed E-state index contributed by atoms with van der Waals surface area (Å²) in [6, 6.07) is 4.44. The molecule has 2 heterocycles. The SMILES string of the molecule is CCC(=O)c1ccc(N(C)C2CCN(CC)CC2)cn1. The van der Waals surface area contributed by atoms with Gasteiger partial charge in [0.15, 0.2) is 5.78 Å². The topological polar surface area (TPSA) is 36.4 Å². The molecule has 1 fully saturated rings. The molecule has 1 saturated heterocycles. The monoisotopic (exact) mass is 275 g/mol. The van der Waals surface area contributed by atoms with Crippen LogP contribution in [0.1, 0.15) is 43.6 Å². The fraction of sp³-hybridized carbons (Fsp3) is 0.625. The van der Waals surface area contributed by atoms with Gasteiger partial charge >= 0.3 is 0 Å². The standard InChI is InChI=1S/C16H25N3O/c1-4-16(20)15-7-6-14(12-17-15)18(3)13-8-10-19(5-2)11-9-13/h6-7,12-13H,4-5,8-11H2,1-3H3. The van der Waals surface area contributed by atoms with Crippen molar-refractivity contribution in [2.24, 2.45) is 0 Å². The van der Waals surface area contributed by atoms with E-state index in [-0.39, 0.29) is 5.78 Å². The Morgan fingerprint density at radius 2 is 2.05 bits per heavy atom. The average molecular weight is 275 g/mol. The van der Waals surface area contributed by atoms with E-state index in [1.54, 1.807) is 0 Å². The molecule has 0 N–H and O–H groups in total. The Morgan fingerprint density at radius 1 is 1.35 bits per heavy atom. The first-order valence-corrected chi connectivity index (χ1v) is 7.60. The van der Waals surface area contributed by atoms with E-state index >= 15 is 0 Å². The summed E-state index contributed by atoms with van der Waals surface area (Å²) in [5.74, 6) is 0.107. The van der Waals surface area contributed by atoms with Crippen LogP contribution in [-0.2, 0) is 0 Å². The Hall–Kier alpha value is -1.42. The minimum Gasteiger partial charge on any atom is -0.370 e. The van der Waals surface area contributed by atoms with E-state index in [9.17, 15) is 4.79 Å². The highest BCUT2D eigenvalue weighted by atomic mass is 16.1. The molecule has 0 atom stereocenters. The lowest BCUT2D eigenvalue weighted by molar-refractivity contribution is 0.0983. The van der Waals surface area contributed by atoms with Crippen LogP contribution < -0.4 is 4.90 Å². The van der Waals surface area contributed by atoms with Gasteiger partial charge < -0.3 is 9.80 Å². The molecule has 0 aliphatic carbocycles. The van der Waals surface area contributed by atoms with Crippen LogP contribution in [0.2, 0.25) is 0 Å². The summed E-state index contributed by atoms with van der Waals surface area (Å²) in [7, 11) is 2.13. The van der Waals surface area contributed by atoms with Crippen molar-refractivity contribution in [2.45, 2.75) is 39.2 Å². The van der Waals surface area contributed by atoms with Gasteiger partial charge in [-0.15, -0.1) is 0 Å². The lowest BCUT2D eigenvalue weighted by Gasteiger charge is -2.37. The number of Topliss-reactive ketones (excluding diaryl/α,β-unsaturated/α-hetero) is 1. The summed E-state index contributed by atoms with van der Waals surface area (Å²) in [6.07, 6.45) is 4.73. The molecule has 1 aromatic heterocycles. The van der Waals surface area contributed by atoms with E-state index in [1.165, 1.54) is 25.9 Å². The summed E-state index contributed by atoms with van der Waals surface area (Å²) in [6.45, 7) is 7.57. The van der Waals surface area contributed by atoms with Crippen molar-refractivity contribution in [1.82, 2.24) is 9.88 Å². The summed E-state index contributed by atoms with van der Waals surface area (Å²) in [4.78, 5) is 20.7. The fourth-order valence-electron chi connectivity index (χ4n) is 2.77. The number of hydrogen-bond donors (Lipinski definition) is 0. The van der Waals surface area contributed by atoms with Crippen molar-refractivity contribution in [1.29, 1.82) is 0 Å². The third-order valence-electron chi connectivity index (χ3n) is 4.31. The minimum atomic E-state index is 0.107. The molecule has 0 saturated carbocycles. The van der Waals surface area contributed by atoms with Gasteiger partial charge in [0.25, 0.3) is 0 Å². The second kappa shape index (κ2) is 6.84. The van der Waals surface area contributed by atoms with E-state index in [4.69, 9.17) is 0 Å². The normalized spacial score (nSPS) is 17.1. The molecule has 0 spiro atoms. The highest BCUT2D eigenvalue weighted by Crippen LogP contribution is 2.21. The maximum atomic E-state index is 11.6. The number of ketones is 1. The number of rotatable bonds is 5. The van der Waals surface area contributed by atoms with Crippen molar-refractivity contribution in [3.8, 4) is 0 Å². The maximum absolute atomic E-state index is 11.6. The van der Waals surface area contributed by atoms with Crippen LogP contribution in [0.5, 0.6) is 0 Å². The summed E-state index contributed by atoms with van der Waals surface area (Å²) < 4.78 is 0. The molecule has 1 aliphatic rings. The van der Waals surface area contributed by atoms with E-state index in [1.807, 2.05) is 25.3 Å². The van der Waals surface area contributed by atoms with Crippen LogP contribution >= 0.6 is 0 Å². The first-order valence-electron chi connectivity index (χ1n) is 7.60. The third-order valence-corrected chi connectivity index (χ3v) is 4.31. The van der Waals surface area contributed by atoms with Gasteiger partial charge in [-0.2, -0.15) is 0 Å². The number of anilines is 1. The number of aromatic nitrogens is 1. The predicted octanol–water partition coefficient (Wildman–Crippen LogP) is 2.59. The van der Waals surface area contributed by atoms with Gasteiger partial charge in [0.05, 0.1) is 11.9 Å². The molecule has 110 valence electrons. The Labute approximate surface area is 121 Å². The van der Waals surface area contributed by atoms with Crippen LogP contribution in [0.25, 0.3) is 0 Å². The number of hydrogen-bond acceptors (Lipinski definition) is 4. The highest BCUT2D eigenvalue weighted by molar-refractivity contribution is 5.94. The smallest absolute Gasteiger partial charge is 0.180 e. The molecule has 0 radical (unpaired) electrons. The van der Waals surface area contributed by atoms with E-state index in [0.29, 0.717) is 18.2 Å². The molecule has 0 aromatic carbocycles. The van der Waals surface area contributed by atoms with Crippen LogP contribution in [-0.4, -0.2) is 48.4 Å². The first-order chi connectivity index (χ1) is 9.65. The number of pyridine rings is 1. The van der Waals surface area contributed by atoms with Gasteiger partial charge in [-0.05, 0) is 31.5 Å². The summed E-state index contributed by atoms with van der Waals surface area (Å²) in [5, 5.41) is 0. The zero-order valence-electron chi connectivity index (χ0n) is 12.8. The minimum absolute atomic E-state index is 0.107. The number of likely N-dealkylation sites (tertiary alicyclic amines) is 1. The maximum Gasteiger partial charge on any atom is 0.180 e. The lowest BCUT2D eigenvalue weighted by atomic mass is 10.0. The van der Waals surface area contributed by atoms with Crippen LogP contribution in [0.15, 0.2) is 18.3 Å². The Morgan fingerprint density at radius 3 is 2.55 bits per heavy atom. The fourth-order valence-corrected chi connectivity index (χ4v) is 2.77. The Bertz CT molecular complexity index is 436. The number of nitrogens with zero attached hydrogens (tertiary/aromatic N) is 3. The Kier molecular flexibility index (Phi) is 5.12. The van der Waals surface area contributed by atoms with Gasteiger partial charge in [0.1, 0.15) is 5.69 Å². The quantitative estimate of drug-likeness (QED) is 0.774. The molecule has 0 unspecified atom stereocenters.